The van der Waals surface area contributed by atoms with Crippen LogP contribution >= 0.6 is 11.3 Å². The van der Waals surface area contributed by atoms with E-state index in [2.05, 4.69) is 4.98 Å². The van der Waals surface area contributed by atoms with Crippen molar-refractivity contribution in [3.63, 3.8) is 0 Å². The molecule has 33 heavy (non-hydrogen) atoms. The van der Waals surface area contributed by atoms with Crippen LogP contribution in [0.15, 0.2) is 39.4 Å². The number of pyridine rings is 1. The van der Waals surface area contributed by atoms with Crippen LogP contribution in [0.25, 0.3) is 4.96 Å². The summed E-state index contributed by atoms with van der Waals surface area (Å²) in [6.07, 6.45) is 2.74. The molecule has 2 aliphatic rings. The molecule has 0 saturated carbocycles. The topological polar surface area (TPSA) is 117 Å². The molecule has 2 bridgehead atoms. The molecule has 0 aliphatic carbocycles. The zero-order chi connectivity index (χ0) is 23.7. The number of carbonyl (C=O) groups excluding carboxylic acids is 1. The van der Waals surface area contributed by atoms with Gasteiger partial charge in [0.25, 0.3) is 23.5 Å². The highest BCUT2D eigenvalue weighted by Crippen LogP contribution is 2.35. The third-order valence-electron chi connectivity index (χ3n) is 5.99. The molecule has 1 N–H and O–H groups in total. The van der Waals surface area contributed by atoms with E-state index >= 15 is 0 Å². The molecule has 11 heteroatoms. The van der Waals surface area contributed by atoms with Crippen LogP contribution in [0.3, 0.4) is 0 Å². The van der Waals surface area contributed by atoms with E-state index in [1.165, 1.54) is 17.4 Å². The second kappa shape index (κ2) is 9.28. The largest absolute Gasteiger partial charge is 0.483 e. The number of thiazole rings is 1. The van der Waals surface area contributed by atoms with Crippen LogP contribution in [0.5, 0.6) is 0 Å². The fraction of sp³-hybridized carbons (Fsp3) is 0.409. The summed E-state index contributed by atoms with van der Waals surface area (Å²) < 4.78 is 3.60. The smallest absolute Gasteiger partial charge is 0.290 e. The van der Waals surface area contributed by atoms with Crippen LogP contribution in [-0.4, -0.2) is 68.4 Å². The Morgan fingerprint density at radius 1 is 1.27 bits per heavy atom. The summed E-state index contributed by atoms with van der Waals surface area (Å²) >= 11 is 1.33. The first-order valence-corrected chi connectivity index (χ1v) is 11.4. The van der Waals surface area contributed by atoms with Gasteiger partial charge in [0.2, 0.25) is 0 Å². The Morgan fingerprint density at radius 3 is 2.76 bits per heavy atom. The fourth-order valence-electron chi connectivity index (χ4n) is 4.79. The van der Waals surface area contributed by atoms with Crippen molar-refractivity contribution in [1.29, 1.82) is 0 Å². The number of carboxylic acid groups (broad SMARTS) is 1. The van der Waals surface area contributed by atoms with Crippen LogP contribution in [0.2, 0.25) is 0 Å². The van der Waals surface area contributed by atoms with Gasteiger partial charge in [-0.2, -0.15) is 4.98 Å². The number of carbonyl (C=O) groups is 2. The summed E-state index contributed by atoms with van der Waals surface area (Å²) in [6, 6.07) is 5.29. The third kappa shape index (κ3) is 4.46. The Kier molecular flexibility index (Phi) is 6.43. The molecule has 3 aromatic rings. The van der Waals surface area contributed by atoms with Gasteiger partial charge in [-0.3, -0.25) is 23.6 Å². The minimum Gasteiger partial charge on any atom is -0.483 e. The molecule has 5 heterocycles. The molecular weight excluding hydrogens is 446 g/mol. The van der Waals surface area contributed by atoms with E-state index in [9.17, 15) is 14.4 Å². The Balaban J connectivity index is 0.000000821. The Bertz CT molecular complexity index is 1310. The molecule has 1 fully saturated rings. The standard InChI is InChI=1S/C21H23N5O3S.CH2O2/c1-23(2)11-14-3-4-16-15-7-13(10-26(16)19(14)28)9-24(12-15)20(29)17-8-18(27)22-21-25(17)5-6-30-21;2-1-3/h3-6,8,13,15H,7,9-12H2,1-2H3;1H,(H,2,3)/t13-,15+;/m0./s1. The van der Waals surface area contributed by atoms with E-state index in [0.717, 1.165) is 17.7 Å². The first-order chi connectivity index (χ1) is 15.8. The first kappa shape index (κ1) is 22.9. The summed E-state index contributed by atoms with van der Waals surface area (Å²) in [5.41, 5.74) is 1.83. The van der Waals surface area contributed by atoms with Gasteiger partial charge >= 0.3 is 0 Å². The molecule has 2 aliphatic heterocycles. The molecular formula is C22H25N5O5S. The maximum absolute atomic E-state index is 13.3. The van der Waals surface area contributed by atoms with E-state index in [-0.39, 0.29) is 29.8 Å². The summed E-state index contributed by atoms with van der Waals surface area (Å²) in [6.45, 7) is 2.12. The van der Waals surface area contributed by atoms with Crippen LogP contribution in [0.4, 0.5) is 0 Å². The van der Waals surface area contributed by atoms with Crippen molar-refractivity contribution in [1.82, 2.24) is 23.8 Å². The number of hydrogen-bond donors (Lipinski definition) is 1. The summed E-state index contributed by atoms with van der Waals surface area (Å²) in [5, 5.41) is 8.71. The van der Waals surface area contributed by atoms with Gasteiger partial charge in [0, 0.05) is 61.0 Å². The van der Waals surface area contributed by atoms with Crippen molar-refractivity contribution in [2.24, 2.45) is 5.92 Å². The van der Waals surface area contributed by atoms with Crippen LogP contribution < -0.4 is 11.1 Å². The van der Waals surface area contributed by atoms with Crippen molar-refractivity contribution in [2.75, 3.05) is 27.2 Å². The van der Waals surface area contributed by atoms with Gasteiger partial charge in [-0.1, -0.05) is 6.07 Å². The molecule has 1 amide bonds. The van der Waals surface area contributed by atoms with Gasteiger partial charge in [-0.25, -0.2) is 0 Å². The van der Waals surface area contributed by atoms with Crippen LogP contribution in [0.1, 0.15) is 34.1 Å². The predicted molar refractivity (Wildman–Crippen MR) is 123 cm³/mol. The molecule has 174 valence electrons. The summed E-state index contributed by atoms with van der Waals surface area (Å²) in [7, 11) is 3.91. The average Bonchev–Trinajstić information content (AvgIpc) is 3.23. The number of hydrogen-bond acceptors (Lipinski definition) is 7. The first-order valence-electron chi connectivity index (χ1n) is 10.5. The van der Waals surface area contributed by atoms with Gasteiger partial charge in [-0.15, -0.1) is 11.3 Å². The number of rotatable bonds is 3. The quantitative estimate of drug-likeness (QED) is 0.565. The highest BCUT2D eigenvalue weighted by atomic mass is 32.1. The lowest BCUT2D eigenvalue weighted by molar-refractivity contribution is -0.122. The van der Waals surface area contributed by atoms with Crippen LogP contribution in [0, 0.1) is 5.92 Å². The molecule has 10 nitrogen and oxygen atoms in total. The number of fused-ring (bicyclic) bond motifs is 5. The zero-order valence-electron chi connectivity index (χ0n) is 18.4. The minimum absolute atomic E-state index is 0.0799. The van der Waals surface area contributed by atoms with Gasteiger partial charge < -0.3 is 19.5 Å². The lowest BCUT2D eigenvalue weighted by atomic mass is 9.83. The molecule has 0 radical (unpaired) electrons. The Hall–Kier alpha value is -3.31. The molecule has 3 aromatic heterocycles. The zero-order valence-corrected chi connectivity index (χ0v) is 19.2. The summed E-state index contributed by atoms with van der Waals surface area (Å²) in [5.74, 6) is 0.195. The lowest BCUT2D eigenvalue weighted by Gasteiger charge is -2.43. The molecule has 0 unspecified atom stereocenters. The predicted octanol–water partition coefficient (Wildman–Crippen LogP) is 0.940. The van der Waals surface area contributed by atoms with Crippen molar-refractivity contribution in [3.8, 4) is 0 Å². The molecule has 5 rings (SSSR count). The summed E-state index contributed by atoms with van der Waals surface area (Å²) in [4.78, 5) is 54.9. The SMILES string of the molecule is CN(C)Cc1ccc2n(c1=O)C[C@H]1C[C@@H]2CN(C(=O)c2cc(=O)nc3sccn23)C1.O=CO. The monoisotopic (exact) mass is 471 g/mol. The lowest BCUT2D eigenvalue weighted by Crippen LogP contribution is -2.50. The van der Waals surface area contributed by atoms with Gasteiger partial charge in [0.15, 0.2) is 4.96 Å². The number of piperidine rings is 1. The Morgan fingerprint density at radius 2 is 2.03 bits per heavy atom. The van der Waals surface area contributed by atoms with E-state index in [0.29, 0.717) is 36.8 Å². The van der Waals surface area contributed by atoms with E-state index in [1.54, 1.807) is 10.6 Å². The van der Waals surface area contributed by atoms with E-state index in [4.69, 9.17) is 9.90 Å². The number of nitrogens with zero attached hydrogens (tertiary/aromatic N) is 5. The van der Waals surface area contributed by atoms with Crippen molar-refractivity contribution in [2.45, 2.75) is 25.4 Å². The number of likely N-dealkylation sites (tertiary alicyclic amines) is 1. The highest BCUT2D eigenvalue weighted by Gasteiger charge is 2.37. The van der Waals surface area contributed by atoms with E-state index in [1.807, 2.05) is 46.0 Å². The average molecular weight is 472 g/mol. The molecule has 1 saturated heterocycles. The van der Waals surface area contributed by atoms with E-state index < -0.39 is 5.56 Å². The maximum Gasteiger partial charge on any atom is 0.290 e. The van der Waals surface area contributed by atoms with Crippen molar-refractivity contribution >= 4 is 28.7 Å². The van der Waals surface area contributed by atoms with Gasteiger partial charge in [-0.05, 0) is 32.5 Å². The molecule has 0 aromatic carbocycles. The minimum atomic E-state index is -0.400. The maximum atomic E-state index is 13.3. The van der Waals surface area contributed by atoms with Crippen molar-refractivity contribution in [3.05, 3.63) is 67.4 Å². The number of aromatic nitrogens is 3. The second-order valence-electron chi connectivity index (χ2n) is 8.59. The molecule has 2 atom stereocenters. The second-order valence-corrected chi connectivity index (χ2v) is 9.46. The normalized spacial score (nSPS) is 19.1. The van der Waals surface area contributed by atoms with Gasteiger partial charge in [0.1, 0.15) is 5.69 Å². The van der Waals surface area contributed by atoms with Crippen LogP contribution in [-0.2, 0) is 17.9 Å². The highest BCUT2D eigenvalue weighted by molar-refractivity contribution is 7.15. The van der Waals surface area contributed by atoms with Crippen molar-refractivity contribution < 1.29 is 14.7 Å². The Labute approximate surface area is 193 Å². The fourth-order valence-corrected chi connectivity index (χ4v) is 5.51. The molecule has 0 spiro atoms. The number of amides is 1. The van der Waals surface area contributed by atoms with Gasteiger partial charge in [0.05, 0.1) is 0 Å². The third-order valence-corrected chi connectivity index (χ3v) is 6.75.